The van der Waals surface area contributed by atoms with E-state index < -0.39 is 5.82 Å². The van der Waals surface area contributed by atoms with E-state index in [9.17, 15) is 18.8 Å². The maximum Gasteiger partial charge on any atom is 0.409 e. The average Bonchev–Trinajstić information content (AvgIpc) is 3.47. The Morgan fingerprint density at radius 3 is 2.53 bits per heavy atom. The van der Waals surface area contributed by atoms with Crippen LogP contribution in [0, 0.1) is 19.7 Å². The van der Waals surface area contributed by atoms with Gasteiger partial charge in [0.2, 0.25) is 5.91 Å². The standard InChI is InChI=1S/C26H27FN6O4S/c1-4-37-26(36)31-11-9-30(10-12-31)22(34)14-18-15-38-25-28-17(3)23(24(35)32(18)25)20-13-16(2)33(29-20)21-8-6-5-7-19(21)27/h5-8,13,15H,4,9-12,14H2,1-3H3. The first-order valence-corrected chi connectivity index (χ1v) is 13.2. The second-order valence-electron chi connectivity index (χ2n) is 9.00. The van der Waals surface area contributed by atoms with Crippen LogP contribution >= 0.6 is 11.3 Å². The molecule has 4 heterocycles. The molecule has 0 saturated carbocycles. The Kier molecular flexibility index (Phi) is 6.98. The van der Waals surface area contributed by atoms with Crippen molar-refractivity contribution in [2.24, 2.45) is 0 Å². The lowest BCUT2D eigenvalue weighted by Gasteiger charge is -2.34. The molecule has 1 aliphatic rings. The topological polar surface area (TPSA) is 102 Å². The van der Waals surface area contributed by atoms with Crippen LogP contribution in [-0.2, 0) is 16.0 Å². The van der Waals surface area contributed by atoms with Gasteiger partial charge in [-0.15, -0.1) is 11.3 Å². The van der Waals surface area contributed by atoms with Crippen LogP contribution in [0.2, 0.25) is 0 Å². The predicted octanol–water partition coefficient (Wildman–Crippen LogP) is 3.21. The average molecular weight is 539 g/mol. The predicted molar refractivity (Wildman–Crippen MR) is 140 cm³/mol. The molecule has 0 spiro atoms. The Morgan fingerprint density at radius 2 is 1.82 bits per heavy atom. The lowest BCUT2D eigenvalue weighted by atomic mass is 10.1. The van der Waals surface area contributed by atoms with Crippen LogP contribution in [0.4, 0.5) is 9.18 Å². The minimum atomic E-state index is -0.422. The molecule has 1 saturated heterocycles. The van der Waals surface area contributed by atoms with Gasteiger partial charge >= 0.3 is 6.09 Å². The highest BCUT2D eigenvalue weighted by Crippen LogP contribution is 2.24. The molecule has 12 heteroatoms. The van der Waals surface area contributed by atoms with Crippen molar-refractivity contribution >= 4 is 28.3 Å². The van der Waals surface area contributed by atoms with Gasteiger partial charge in [-0.2, -0.15) is 5.10 Å². The molecule has 38 heavy (non-hydrogen) atoms. The zero-order valence-electron chi connectivity index (χ0n) is 21.3. The van der Waals surface area contributed by atoms with E-state index in [1.807, 2.05) is 0 Å². The van der Waals surface area contributed by atoms with E-state index in [2.05, 4.69) is 10.1 Å². The van der Waals surface area contributed by atoms with Crippen LogP contribution in [0.25, 0.3) is 21.9 Å². The molecule has 0 unspecified atom stereocenters. The van der Waals surface area contributed by atoms with Crippen molar-refractivity contribution in [2.75, 3.05) is 32.8 Å². The summed E-state index contributed by atoms with van der Waals surface area (Å²) in [7, 11) is 0. The van der Waals surface area contributed by atoms with E-state index in [0.29, 0.717) is 66.1 Å². The maximum absolute atomic E-state index is 14.4. The van der Waals surface area contributed by atoms with Gasteiger partial charge in [-0.1, -0.05) is 12.1 Å². The highest BCUT2D eigenvalue weighted by molar-refractivity contribution is 7.15. The van der Waals surface area contributed by atoms with Crippen molar-refractivity contribution in [3.05, 3.63) is 69.0 Å². The van der Waals surface area contributed by atoms with E-state index >= 15 is 0 Å². The molecule has 0 aliphatic carbocycles. The summed E-state index contributed by atoms with van der Waals surface area (Å²) < 4.78 is 22.4. The zero-order chi connectivity index (χ0) is 27.0. The second kappa shape index (κ2) is 10.4. The molecule has 1 aromatic carbocycles. The van der Waals surface area contributed by atoms with Gasteiger partial charge < -0.3 is 14.5 Å². The molecule has 0 radical (unpaired) electrons. The first kappa shape index (κ1) is 25.6. The van der Waals surface area contributed by atoms with Gasteiger partial charge in [-0.05, 0) is 39.0 Å². The monoisotopic (exact) mass is 538 g/mol. The zero-order valence-corrected chi connectivity index (χ0v) is 22.1. The highest BCUT2D eigenvalue weighted by atomic mass is 32.1. The van der Waals surface area contributed by atoms with Crippen molar-refractivity contribution < 1.29 is 18.7 Å². The first-order chi connectivity index (χ1) is 18.3. The number of para-hydroxylation sites is 1. The Labute approximate surface area is 221 Å². The molecule has 1 aliphatic heterocycles. The fourth-order valence-corrected chi connectivity index (χ4v) is 5.53. The molecule has 1 fully saturated rings. The number of ether oxygens (including phenoxy) is 1. The van der Waals surface area contributed by atoms with Gasteiger partial charge in [-0.3, -0.25) is 14.0 Å². The Morgan fingerprint density at radius 1 is 1.11 bits per heavy atom. The fraction of sp³-hybridized carbons (Fsp3) is 0.346. The van der Waals surface area contributed by atoms with E-state index in [4.69, 9.17) is 4.74 Å². The summed E-state index contributed by atoms with van der Waals surface area (Å²) in [6.07, 6.45) is -0.358. The maximum atomic E-state index is 14.4. The van der Waals surface area contributed by atoms with E-state index in [-0.39, 0.29) is 29.7 Å². The van der Waals surface area contributed by atoms with Crippen LogP contribution in [0.5, 0.6) is 0 Å². The SMILES string of the molecule is CCOC(=O)N1CCN(C(=O)Cc2csc3nc(C)c(-c4cc(C)n(-c5ccccc5F)n4)c(=O)n23)CC1. The first-order valence-electron chi connectivity index (χ1n) is 12.3. The van der Waals surface area contributed by atoms with Crippen LogP contribution in [-0.4, -0.2) is 73.8 Å². The molecule has 0 bridgehead atoms. The number of thiazole rings is 1. The number of benzene rings is 1. The van der Waals surface area contributed by atoms with E-state index in [1.54, 1.807) is 60.2 Å². The van der Waals surface area contributed by atoms with Crippen molar-refractivity contribution in [2.45, 2.75) is 27.2 Å². The smallest absolute Gasteiger partial charge is 0.409 e. The van der Waals surface area contributed by atoms with Crippen LogP contribution in [0.3, 0.4) is 0 Å². The van der Waals surface area contributed by atoms with Gasteiger partial charge in [0, 0.05) is 42.9 Å². The summed E-state index contributed by atoms with van der Waals surface area (Å²) in [6.45, 7) is 7.15. The molecular weight excluding hydrogens is 511 g/mol. The lowest BCUT2D eigenvalue weighted by Crippen LogP contribution is -2.51. The van der Waals surface area contributed by atoms with E-state index in [0.717, 1.165) is 0 Å². The molecule has 198 valence electrons. The summed E-state index contributed by atoms with van der Waals surface area (Å²) in [6, 6.07) is 8.03. The number of carbonyl (C=O) groups is 2. The Bertz CT molecular complexity index is 1580. The highest BCUT2D eigenvalue weighted by Gasteiger charge is 2.26. The van der Waals surface area contributed by atoms with Crippen molar-refractivity contribution in [3.8, 4) is 16.9 Å². The molecule has 10 nitrogen and oxygen atoms in total. The minimum absolute atomic E-state index is 0.0200. The Balaban J connectivity index is 1.42. The van der Waals surface area contributed by atoms with E-state index in [1.165, 1.54) is 26.5 Å². The second-order valence-corrected chi connectivity index (χ2v) is 9.84. The number of piperazine rings is 1. The number of hydrogen-bond donors (Lipinski definition) is 0. The lowest BCUT2D eigenvalue weighted by molar-refractivity contribution is -0.132. The number of halogens is 1. The number of nitrogens with zero attached hydrogens (tertiary/aromatic N) is 6. The molecule has 0 N–H and O–H groups in total. The van der Waals surface area contributed by atoms with Gasteiger partial charge in [0.25, 0.3) is 5.56 Å². The molecule has 3 aromatic heterocycles. The quantitative estimate of drug-likeness (QED) is 0.387. The number of rotatable bonds is 5. The third kappa shape index (κ3) is 4.67. The van der Waals surface area contributed by atoms with Gasteiger partial charge in [0.15, 0.2) is 4.96 Å². The van der Waals surface area contributed by atoms with Gasteiger partial charge in [-0.25, -0.2) is 18.9 Å². The summed E-state index contributed by atoms with van der Waals surface area (Å²) in [4.78, 5) is 47.1. The molecular formula is C26H27FN6O4S. The largest absolute Gasteiger partial charge is 0.450 e. The number of amides is 2. The normalized spacial score (nSPS) is 13.8. The van der Waals surface area contributed by atoms with Crippen LogP contribution < -0.4 is 5.56 Å². The molecule has 2 amide bonds. The number of fused-ring (bicyclic) bond motifs is 1. The van der Waals surface area contributed by atoms with Crippen molar-refractivity contribution in [1.82, 2.24) is 29.0 Å². The van der Waals surface area contributed by atoms with Crippen LogP contribution in [0.15, 0.2) is 40.5 Å². The number of hydrogen-bond acceptors (Lipinski definition) is 7. The number of aryl methyl sites for hydroxylation is 2. The minimum Gasteiger partial charge on any atom is -0.450 e. The summed E-state index contributed by atoms with van der Waals surface area (Å²) >= 11 is 1.29. The van der Waals surface area contributed by atoms with Crippen molar-refractivity contribution in [3.63, 3.8) is 0 Å². The summed E-state index contributed by atoms with van der Waals surface area (Å²) in [5.74, 6) is -0.559. The third-order valence-corrected chi connectivity index (χ3v) is 7.41. The number of aromatic nitrogens is 4. The third-order valence-electron chi connectivity index (χ3n) is 6.54. The number of carbonyl (C=O) groups excluding carboxylic acids is 2. The molecule has 5 rings (SSSR count). The summed E-state index contributed by atoms with van der Waals surface area (Å²) in [5.41, 5.74) is 2.34. The van der Waals surface area contributed by atoms with Gasteiger partial charge in [0.1, 0.15) is 17.2 Å². The molecule has 4 aromatic rings. The van der Waals surface area contributed by atoms with Crippen molar-refractivity contribution in [1.29, 1.82) is 0 Å². The Hall–Kier alpha value is -4.06. The summed E-state index contributed by atoms with van der Waals surface area (Å²) in [5, 5.41) is 6.30. The van der Waals surface area contributed by atoms with Crippen LogP contribution in [0.1, 0.15) is 24.0 Å². The van der Waals surface area contributed by atoms with Gasteiger partial charge in [0.05, 0.1) is 24.3 Å². The fourth-order valence-electron chi connectivity index (χ4n) is 4.61. The molecule has 0 atom stereocenters.